The molecule has 0 saturated heterocycles. The molecule has 2 aliphatic rings. The Kier molecular flexibility index (Phi) is 7.70. The molecule has 0 aromatic rings. The highest BCUT2D eigenvalue weighted by molar-refractivity contribution is 4.83. The summed E-state index contributed by atoms with van der Waals surface area (Å²) < 4.78 is 1.32. The molecule has 2 nitrogen and oxygen atoms in total. The van der Waals surface area contributed by atoms with Crippen LogP contribution in [0.2, 0.25) is 0 Å². The zero-order valence-electron chi connectivity index (χ0n) is 15.7. The average Bonchev–Trinajstić information content (AvgIpc) is 2.61. The molecule has 130 valence electrons. The van der Waals surface area contributed by atoms with Crippen LogP contribution in [-0.4, -0.2) is 54.2 Å². The van der Waals surface area contributed by atoms with E-state index in [-0.39, 0.29) is 0 Å². The zero-order chi connectivity index (χ0) is 15.8. The van der Waals surface area contributed by atoms with Crippen molar-refractivity contribution in [2.45, 2.75) is 97.1 Å². The molecule has 0 radical (unpaired) electrons. The molecule has 22 heavy (non-hydrogen) atoms. The van der Waals surface area contributed by atoms with E-state index in [1.165, 1.54) is 101 Å². The molecule has 0 aromatic carbocycles. The first-order chi connectivity index (χ1) is 10.7. The quantitative estimate of drug-likeness (QED) is 0.580. The van der Waals surface area contributed by atoms with E-state index in [0.717, 1.165) is 12.1 Å². The number of hydrogen-bond donors (Lipinski definition) is 0. The summed E-state index contributed by atoms with van der Waals surface area (Å²) in [6.07, 6.45) is 14.8. The largest absolute Gasteiger partial charge is 0.323 e. The molecule has 0 heterocycles. The van der Waals surface area contributed by atoms with Crippen molar-refractivity contribution in [3.05, 3.63) is 0 Å². The lowest BCUT2D eigenvalue weighted by Crippen LogP contribution is -2.55. The topological polar surface area (TPSA) is 3.24 Å². The second kappa shape index (κ2) is 9.27. The zero-order valence-corrected chi connectivity index (χ0v) is 15.7. The van der Waals surface area contributed by atoms with Gasteiger partial charge in [-0.1, -0.05) is 38.5 Å². The van der Waals surface area contributed by atoms with Crippen LogP contribution in [0.1, 0.15) is 85.0 Å². The summed E-state index contributed by atoms with van der Waals surface area (Å²) in [6.45, 7) is 13.8. The summed E-state index contributed by atoms with van der Waals surface area (Å²) in [5.74, 6) is 0. The third-order valence-electron chi connectivity index (χ3n) is 6.93. The molecule has 0 unspecified atom stereocenters. The van der Waals surface area contributed by atoms with Gasteiger partial charge in [-0.2, -0.15) is 0 Å². The molecule has 0 amide bonds. The second-order valence-electron chi connectivity index (χ2n) is 7.84. The molecule has 2 rings (SSSR count). The normalized spacial score (nSPS) is 22.4. The fourth-order valence-electron chi connectivity index (χ4n) is 4.96. The van der Waals surface area contributed by atoms with Gasteiger partial charge in [0.1, 0.15) is 0 Å². The van der Waals surface area contributed by atoms with E-state index >= 15 is 0 Å². The van der Waals surface area contributed by atoms with Crippen molar-refractivity contribution >= 4 is 0 Å². The van der Waals surface area contributed by atoms with Crippen LogP contribution in [-0.2, 0) is 0 Å². The monoisotopic (exact) mass is 309 g/mol. The minimum Gasteiger partial charge on any atom is -0.323 e. The maximum atomic E-state index is 2.99. The average molecular weight is 310 g/mol. The standard InChI is InChI=1S/C20H41N2/c1-4-22(5-2,6-3)18-17-21(19-13-9-7-10-14-19)20-15-11-8-12-16-20/h19-20H,4-18H2,1-3H3/q+1. The van der Waals surface area contributed by atoms with Crippen LogP contribution in [0.3, 0.4) is 0 Å². The van der Waals surface area contributed by atoms with Gasteiger partial charge in [0.05, 0.1) is 26.2 Å². The van der Waals surface area contributed by atoms with E-state index in [1.54, 1.807) is 0 Å². The van der Waals surface area contributed by atoms with Crippen LogP contribution >= 0.6 is 0 Å². The van der Waals surface area contributed by atoms with E-state index in [2.05, 4.69) is 25.7 Å². The molecule has 0 spiro atoms. The molecule has 2 heteroatoms. The predicted octanol–water partition coefficient (Wildman–Crippen LogP) is 4.83. The van der Waals surface area contributed by atoms with E-state index in [9.17, 15) is 0 Å². The summed E-state index contributed by atoms with van der Waals surface area (Å²) >= 11 is 0. The Bertz CT molecular complexity index is 260. The van der Waals surface area contributed by atoms with Gasteiger partial charge in [0.2, 0.25) is 0 Å². The van der Waals surface area contributed by atoms with Crippen molar-refractivity contribution in [3.63, 3.8) is 0 Å². The Balaban J connectivity index is 1.99. The Hall–Kier alpha value is -0.0800. The van der Waals surface area contributed by atoms with Crippen molar-refractivity contribution in [1.82, 2.24) is 4.90 Å². The summed E-state index contributed by atoms with van der Waals surface area (Å²) in [4.78, 5) is 2.99. The summed E-state index contributed by atoms with van der Waals surface area (Å²) in [5, 5.41) is 0. The smallest absolute Gasteiger partial charge is 0.0915 e. The third-order valence-corrected chi connectivity index (χ3v) is 6.93. The minimum absolute atomic E-state index is 0.907. The first kappa shape index (κ1) is 18.3. The molecule has 0 atom stereocenters. The Morgan fingerprint density at radius 1 is 0.682 bits per heavy atom. The Labute approximate surface area is 139 Å². The van der Waals surface area contributed by atoms with E-state index in [4.69, 9.17) is 0 Å². The summed E-state index contributed by atoms with van der Waals surface area (Å²) in [5.41, 5.74) is 0. The van der Waals surface area contributed by atoms with Crippen molar-refractivity contribution in [2.24, 2.45) is 0 Å². The van der Waals surface area contributed by atoms with Crippen molar-refractivity contribution < 1.29 is 4.48 Å². The highest BCUT2D eigenvalue weighted by Crippen LogP contribution is 2.30. The molecule has 2 saturated carbocycles. The van der Waals surface area contributed by atoms with Crippen molar-refractivity contribution in [2.75, 3.05) is 32.7 Å². The van der Waals surface area contributed by atoms with Crippen LogP contribution in [0.5, 0.6) is 0 Å². The number of hydrogen-bond acceptors (Lipinski definition) is 1. The van der Waals surface area contributed by atoms with Gasteiger partial charge in [-0.05, 0) is 46.5 Å². The molecule has 0 aliphatic heterocycles. The molecule has 2 fully saturated rings. The fourth-order valence-corrected chi connectivity index (χ4v) is 4.96. The minimum atomic E-state index is 0.907. The maximum absolute atomic E-state index is 2.99. The van der Waals surface area contributed by atoms with Gasteiger partial charge < -0.3 is 4.48 Å². The van der Waals surface area contributed by atoms with E-state index in [0.29, 0.717) is 0 Å². The fraction of sp³-hybridized carbons (Fsp3) is 1.00. The maximum Gasteiger partial charge on any atom is 0.0915 e. The number of rotatable bonds is 8. The highest BCUT2D eigenvalue weighted by atomic mass is 15.4. The van der Waals surface area contributed by atoms with Crippen LogP contribution in [0, 0.1) is 0 Å². The molecule has 0 aromatic heterocycles. The Morgan fingerprint density at radius 3 is 1.45 bits per heavy atom. The van der Waals surface area contributed by atoms with Gasteiger partial charge in [-0.3, -0.25) is 4.90 Å². The third kappa shape index (κ3) is 4.71. The molecular formula is C20H41N2+. The second-order valence-corrected chi connectivity index (χ2v) is 7.84. The lowest BCUT2D eigenvalue weighted by molar-refractivity contribution is -0.922. The van der Waals surface area contributed by atoms with Gasteiger partial charge in [0, 0.05) is 18.6 Å². The van der Waals surface area contributed by atoms with Crippen LogP contribution in [0.25, 0.3) is 0 Å². The number of likely N-dealkylation sites (N-methyl/N-ethyl adjacent to an activating group) is 1. The van der Waals surface area contributed by atoms with Crippen molar-refractivity contribution in [3.8, 4) is 0 Å². The number of nitrogens with zero attached hydrogens (tertiary/aromatic N) is 2. The van der Waals surface area contributed by atoms with Gasteiger partial charge in [-0.15, -0.1) is 0 Å². The summed E-state index contributed by atoms with van der Waals surface area (Å²) in [6, 6.07) is 1.81. The molecular weight excluding hydrogens is 268 g/mol. The van der Waals surface area contributed by atoms with Gasteiger partial charge in [0.15, 0.2) is 0 Å². The SMILES string of the molecule is CC[N+](CC)(CC)CCN(C1CCCCC1)C1CCCCC1. The predicted molar refractivity (Wildman–Crippen MR) is 97.2 cm³/mol. The lowest BCUT2D eigenvalue weighted by atomic mass is 9.88. The molecule has 0 bridgehead atoms. The number of quaternary nitrogens is 1. The van der Waals surface area contributed by atoms with Crippen LogP contribution in [0.15, 0.2) is 0 Å². The lowest BCUT2D eigenvalue weighted by Gasteiger charge is -2.44. The van der Waals surface area contributed by atoms with Crippen molar-refractivity contribution in [1.29, 1.82) is 0 Å². The van der Waals surface area contributed by atoms with Gasteiger partial charge in [0.25, 0.3) is 0 Å². The highest BCUT2D eigenvalue weighted by Gasteiger charge is 2.31. The molecule has 2 aliphatic carbocycles. The van der Waals surface area contributed by atoms with Crippen LogP contribution in [0.4, 0.5) is 0 Å². The first-order valence-electron chi connectivity index (χ1n) is 10.4. The molecule has 0 N–H and O–H groups in total. The van der Waals surface area contributed by atoms with E-state index < -0.39 is 0 Å². The van der Waals surface area contributed by atoms with E-state index in [1.807, 2.05) is 0 Å². The first-order valence-corrected chi connectivity index (χ1v) is 10.4. The van der Waals surface area contributed by atoms with Gasteiger partial charge >= 0.3 is 0 Å². The van der Waals surface area contributed by atoms with Crippen LogP contribution < -0.4 is 0 Å². The Morgan fingerprint density at radius 2 is 1.09 bits per heavy atom. The van der Waals surface area contributed by atoms with Gasteiger partial charge in [-0.25, -0.2) is 0 Å². The summed E-state index contributed by atoms with van der Waals surface area (Å²) in [7, 11) is 0.